The van der Waals surface area contributed by atoms with Crippen LogP contribution in [0.5, 0.6) is 11.5 Å². The van der Waals surface area contributed by atoms with E-state index in [-0.39, 0.29) is 22.4 Å². The van der Waals surface area contributed by atoms with Gasteiger partial charge >= 0.3 is 5.97 Å². The van der Waals surface area contributed by atoms with Crippen molar-refractivity contribution < 1.29 is 24.2 Å². The Balaban J connectivity index is 1.74. The van der Waals surface area contributed by atoms with E-state index in [2.05, 4.69) is 4.99 Å². The topological polar surface area (TPSA) is 88.4 Å². The molecular formula is C26H19Cl3N2O5S. The lowest BCUT2D eigenvalue weighted by Gasteiger charge is -2.15. The number of ether oxygens (including phenoxy) is 2. The number of carboxylic acids is 1. The van der Waals surface area contributed by atoms with E-state index in [0.29, 0.717) is 43.7 Å². The highest BCUT2D eigenvalue weighted by Crippen LogP contribution is 2.41. The molecule has 37 heavy (non-hydrogen) atoms. The number of anilines is 1. The highest BCUT2D eigenvalue weighted by atomic mass is 35.5. The summed E-state index contributed by atoms with van der Waals surface area (Å²) < 4.78 is 10.9. The molecule has 4 rings (SSSR count). The van der Waals surface area contributed by atoms with Gasteiger partial charge in [0.2, 0.25) is 0 Å². The van der Waals surface area contributed by atoms with E-state index in [1.54, 1.807) is 73.7 Å². The van der Waals surface area contributed by atoms with Gasteiger partial charge in [-0.2, -0.15) is 0 Å². The van der Waals surface area contributed by atoms with E-state index in [1.807, 2.05) is 0 Å². The van der Waals surface area contributed by atoms with Gasteiger partial charge in [-0.15, -0.1) is 0 Å². The lowest BCUT2D eigenvalue weighted by Crippen LogP contribution is -2.28. The Hall–Kier alpha value is -3.17. The molecule has 1 N–H and O–H groups in total. The molecule has 1 amide bonds. The van der Waals surface area contributed by atoms with E-state index >= 15 is 0 Å². The van der Waals surface area contributed by atoms with Crippen LogP contribution in [0.25, 0.3) is 6.08 Å². The third-order valence-corrected chi connectivity index (χ3v) is 6.67. The Morgan fingerprint density at radius 3 is 2.30 bits per heavy atom. The van der Waals surface area contributed by atoms with Crippen molar-refractivity contribution in [1.29, 1.82) is 0 Å². The maximum Gasteiger partial charge on any atom is 0.341 e. The van der Waals surface area contributed by atoms with Crippen LogP contribution in [0, 0.1) is 0 Å². The highest BCUT2D eigenvalue weighted by molar-refractivity contribution is 8.19. The molecule has 190 valence electrons. The molecule has 1 aliphatic rings. The summed E-state index contributed by atoms with van der Waals surface area (Å²) >= 11 is 19.6. The molecule has 1 aliphatic heterocycles. The lowest BCUT2D eigenvalue weighted by atomic mass is 10.1. The summed E-state index contributed by atoms with van der Waals surface area (Å²) in [5.41, 5.74) is 1.79. The Kier molecular flexibility index (Phi) is 8.66. The van der Waals surface area contributed by atoms with Crippen molar-refractivity contribution in [1.82, 2.24) is 0 Å². The Bertz CT molecular complexity index is 1390. The molecule has 3 aromatic carbocycles. The minimum absolute atomic E-state index is 0.117. The van der Waals surface area contributed by atoms with Gasteiger partial charge < -0.3 is 14.6 Å². The van der Waals surface area contributed by atoms with Crippen molar-refractivity contribution >= 4 is 81.1 Å². The summed E-state index contributed by atoms with van der Waals surface area (Å²) in [5.74, 6) is -1.05. The van der Waals surface area contributed by atoms with Crippen molar-refractivity contribution in [3.05, 3.63) is 86.2 Å². The van der Waals surface area contributed by atoms with Crippen molar-refractivity contribution in [2.75, 3.05) is 18.1 Å². The second-order valence-electron chi connectivity index (χ2n) is 7.54. The number of hydrogen-bond acceptors (Lipinski definition) is 6. The molecule has 0 bridgehead atoms. The molecule has 0 saturated carbocycles. The number of rotatable bonds is 8. The van der Waals surface area contributed by atoms with E-state index in [4.69, 9.17) is 49.4 Å². The average molecular weight is 578 g/mol. The summed E-state index contributed by atoms with van der Waals surface area (Å²) in [6, 6.07) is 17.0. The average Bonchev–Trinajstić information content (AvgIpc) is 3.15. The van der Waals surface area contributed by atoms with Gasteiger partial charge in [0, 0.05) is 10.0 Å². The number of carbonyl (C=O) groups excluding carboxylic acids is 1. The number of amidine groups is 1. The zero-order valence-corrected chi connectivity index (χ0v) is 22.4. The van der Waals surface area contributed by atoms with Gasteiger partial charge in [-0.05, 0) is 91.0 Å². The van der Waals surface area contributed by atoms with E-state index in [0.717, 1.165) is 0 Å². The first-order valence-corrected chi connectivity index (χ1v) is 12.8. The van der Waals surface area contributed by atoms with Crippen LogP contribution in [0.2, 0.25) is 15.1 Å². The third-order valence-electron chi connectivity index (χ3n) is 4.91. The predicted octanol–water partition coefficient (Wildman–Crippen LogP) is 7.32. The summed E-state index contributed by atoms with van der Waals surface area (Å²) in [5, 5.41) is 10.7. The first-order valence-electron chi connectivity index (χ1n) is 10.9. The van der Waals surface area contributed by atoms with Gasteiger partial charge in [0.15, 0.2) is 23.3 Å². The Labute approximate surface area is 232 Å². The van der Waals surface area contributed by atoms with Gasteiger partial charge in [-0.25, -0.2) is 9.79 Å². The molecule has 1 fully saturated rings. The minimum Gasteiger partial charge on any atom is -0.490 e. The van der Waals surface area contributed by atoms with Crippen LogP contribution in [-0.4, -0.2) is 35.4 Å². The fourth-order valence-electron chi connectivity index (χ4n) is 3.35. The quantitative estimate of drug-likeness (QED) is 0.282. The number of nitrogens with zero attached hydrogens (tertiary/aromatic N) is 2. The predicted molar refractivity (Wildman–Crippen MR) is 149 cm³/mol. The van der Waals surface area contributed by atoms with Crippen LogP contribution in [0.4, 0.5) is 11.4 Å². The fourth-order valence-corrected chi connectivity index (χ4v) is 4.88. The molecule has 11 heteroatoms. The monoisotopic (exact) mass is 576 g/mol. The fraction of sp³-hybridized carbons (Fsp3) is 0.115. The SMILES string of the molecule is CCOc1cc(/C=C2\SC(=Nc3ccc(Cl)cc3)N(c3ccc(Cl)cc3)C2=O)cc(Cl)c1OCC(=O)O. The maximum atomic E-state index is 13.5. The maximum absolute atomic E-state index is 13.5. The molecule has 0 aliphatic carbocycles. The number of halogens is 3. The van der Waals surface area contributed by atoms with Gasteiger partial charge in [0.25, 0.3) is 5.91 Å². The van der Waals surface area contributed by atoms with E-state index in [9.17, 15) is 9.59 Å². The molecule has 7 nitrogen and oxygen atoms in total. The van der Waals surface area contributed by atoms with E-state index in [1.165, 1.54) is 16.7 Å². The van der Waals surface area contributed by atoms with Crippen LogP contribution in [0.3, 0.4) is 0 Å². The molecule has 0 aromatic heterocycles. The standard InChI is InChI=1S/C26H19Cl3N2O5S/c1-2-35-21-12-15(11-20(29)24(21)36-14-23(32)33)13-22-25(34)31(19-9-5-17(28)6-10-19)26(37-22)30-18-7-3-16(27)4-8-18/h3-13H,2,14H2,1H3,(H,32,33)/b22-13-,30-26?. The van der Waals surface area contributed by atoms with Crippen LogP contribution in [-0.2, 0) is 9.59 Å². The summed E-state index contributed by atoms with van der Waals surface area (Å²) in [6.07, 6.45) is 1.66. The number of thioether (sulfide) groups is 1. The number of hydrogen-bond donors (Lipinski definition) is 1. The first kappa shape index (κ1) is 26.9. The zero-order valence-electron chi connectivity index (χ0n) is 19.3. The van der Waals surface area contributed by atoms with Crippen molar-refractivity contribution in [2.24, 2.45) is 4.99 Å². The highest BCUT2D eigenvalue weighted by Gasteiger charge is 2.35. The molecule has 0 spiro atoms. The largest absolute Gasteiger partial charge is 0.490 e. The Morgan fingerprint density at radius 2 is 1.68 bits per heavy atom. The normalized spacial score (nSPS) is 15.5. The summed E-state index contributed by atoms with van der Waals surface area (Å²) in [4.78, 5) is 31.0. The second-order valence-corrected chi connectivity index (χ2v) is 9.83. The molecule has 1 saturated heterocycles. The second kappa shape index (κ2) is 11.9. The van der Waals surface area contributed by atoms with Crippen molar-refractivity contribution in [3.8, 4) is 11.5 Å². The zero-order chi connectivity index (χ0) is 26.5. The lowest BCUT2D eigenvalue weighted by molar-refractivity contribution is -0.139. The van der Waals surface area contributed by atoms with Crippen molar-refractivity contribution in [3.63, 3.8) is 0 Å². The third kappa shape index (κ3) is 6.59. The minimum atomic E-state index is -1.15. The molecule has 1 heterocycles. The molecule has 0 atom stereocenters. The Morgan fingerprint density at radius 1 is 1.03 bits per heavy atom. The number of carboxylic acid groups (broad SMARTS) is 1. The summed E-state index contributed by atoms with van der Waals surface area (Å²) in [7, 11) is 0. The smallest absolute Gasteiger partial charge is 0.341 e. The van der Waals surface area contributed by atoms with E-state index < -0.39 is 12.6 Å². The van der Waals surface area contributed by atoms with Gasteiger partial charge in [0.1, 0.15) is 0 Å². The van der Waals surface area contributed by atoms with Crippen LogP contribution in [0.15, 0.2) is 70.6 Å². The van der Waals surface area contributed by atoms with Crippen LogP contribution >= 0.6 is 46.6 Å². The first-order chi connectivity index (χ1) is 17.7. The number of aliphatic carboxylic acids is 1. The number of aliphatic imine (C=N–C) groups is 1. The number of carbonyl (C=O) groups is 2. The number of amides is 1. The van der Waals surface area contributed by atoms with Gasteiger partial charge in [-0.1, -0.05) is 34.8 Å². The molecular weight excluding hydrogens is 559 g/mol. The summed E-state index contributed by atoms with van der Waals surface area (Å²) in [6.45, 7) is 1.50. The molecule has 0 unspecified atom stereocenters. The molecule has 3 aromatic rings. The van der Waals surface area contributed by atoms with Crippen LogP contribution < -0.4 is 14.4 Å². The van der Waals surface area contributed by atoms with Crippen LogP contribution in [0.1, 0.15) is 12.5 Å². The van der Waals surface area contributed by atoms with Gasteiger partial charge in [-0.3, -0.25) is 9.69 Å². The number of benzene rings is 3. The van der Waals surface area contributed by atoms with Crippen molar-refractivity contribution in [2.45, 2.75) is 6.92 Å². The van der Waals surface area contributed by atoms with Gasteiger partial charge in [0.05, 0.1) is 27.9 Å². The molecule has 0 radical (unpaired) electrons.